The summed E-state index contributed by atoms with van der Waals surface area (Å²) in [6, 6.07) is 21.3. The van der Waals surface area contributed by atoms with Crippen LogP contribution in [0.5, 0.6) is 0 Å². The lowest BCUT2D eigenvalue weighted by molar-refractivity contribution is -0.111. The van der Waals surface area contributed by atoms with Crippen LogP contribution in [0.3, 0.4) is 0 Å². The van der Waals surface area contributed by atoms with Gasteiger partial charge in [-0.05, 0) is 47.5 Å². The Morgan fingerprint density at radius 1 is 1.00 bits per heavy atom. The standard InChI is InChI=1S/C24H20N4O/c29-23(10-9-18-5-2-1-3-6-18)28-21-8-4-7-19(15-21)16-25-17-20-11-13-26-24-22(20)12-14-27-24/h1-8,11-15,25H,16-17H2,(H,26,27)(H,28,29). The van der Waals surface area contributed by atoms with Crippen molar-refractivity contribution in [2.24, 2.45) is 0 Å². The molecular formula is C24H20N4O. The Hall–Kier alpha value is -3.88. The summed E-state index contributed by atoms with van der Waals surface area (Å²) in [5.41, 5.74) is 4.71. The number of hydrogen-bond donors (Lipinski definition) is 3. The van der Waals surface area contributed by atoms with Crippen LogP contribution in [0, 0.1) is 11.8 Å². The molecule has 0 aliphatic heterocycles. The molecule has 0 saturated carbocycles. The molecule has 2 aromatic heterocycles. The number of nitrogens with one attached hydrogen (secondary N) is 3. The lowest BCUT2D eigenvalue weighted by Crippen LogP contribution is -2.14. The number of amides is 1. The summed E-state index contributed by atoms with van der Waals surface area (Å²) >= 11 is 0. The van der Waals surface area contributed by atoms with E-state index < -0.39 is 0 Å². The van der Waals surface area contributed by atoms with E-state index >= 15 is 0 Å². The first-order valence-electron chi connectivity index (χ1n) is 9.36. The van der Waals surface area contributed by atoms with Gasteiger partial charge >= 0.3 is 5.91 Å². The van der Waals surface area contributed by atoms with Crippen LogP contribution in [-0.4, -0.2) is 15.9 Å². The van der Waals surface area contributed by atoms with Gasteiger partial charge in [-0.15, -0.1) is 0 Å². The van der Waals surface area contributed by atoms with Gasteiger partial charge in [-0.2, -0.15) is 0 Å². The Morgan fingerprint density at radius 3 is 2.79 bits per heavy atom. The number of carbonyl (C=O) groups excluding carboxylic acids is 1. The fourth-order valence-corrected chi connectivity index (χ4v) is 3.09. The second-order valence-corrected chi connectivity index (χ2v) is 6.58. The number of anilines is 1. The Morgan fingerprint density at radius 2 is 1.90 bits per heavy atom. The minimum Gasteiger partial charge on any atom is -0.346 e. The number of hydrogen-bond acceptors (Lipinski definition) is 3. The van der Waals surface area contributed by atoms with Gasteiger partial charge in [0.1, 0.15) is 5.65 Å². The maximum Gasteiger partial charge on any atom is 0.300 e. The number of aromatic nitrogens is 2. The van der Waals surface area contributed by atoms with Crippen molar-refractivity contribution in [3.8, 4) is 11.8 Å². The quantitative estimate of drug-likeness (QED) is 0.461. The molecule has 0 aliphatic rings. The number of fused-ring (bicyclic) bond motifs is 1. The predicted octanol–water partition coefficient (Wildman–Crippen LogP) is 3.84. The summed E-state index contributed by atoms with van der Waals surface area (Å²) in [5.74, 6) is 5.16. The highest BCUT2D eigenvalue weighted by Crippen LogP contribution is 2.15. The molecule has 0 aliphatic carbocycles. The number of carbonyl (C=O) groups is 1. The van der Waals surface area contributed by atoms with E-state index in [4.69, 9.17) is 0 Å². The van der Waals surface area contributed by atoms with E-state index in [1.165, 1.54) is 5.56 Å². The van der Waals surface area contributed by atoms with Gasteiger partial charge in [0.15, 0.2) is 0 Å². The summed E-state index contributed by atoms with van der Waals surface area (Å²) in [7, 11) is 0. The predicted molar refractivity (Wildman–Crippen MR) is 115 cm³/mol. The van der Waals surface area contributed by atoms with Gasteiger partial charge in [0, 0.05) is 48.0 Å². The number of aromatic amines is 1. The molecule has 0 saturated heterocycles. The van der Waals surface area contributed by atoms with Crippen LogP contribution >= 0.6 is 0 Å². The molecule has 0 bridgehead atoms. The Labute approximate surface area is 169 Å². The van der Waals surface area contributed by atoms with Gasteiger partial charge in [-0.3, -0.25) is 4.79 Å². The zero-order valence-corrected chi connectivity index (χ0v) is 15.8. The van der Waals surface area contributed by atoms with E-state index in [1.807, 2.05) is 79.1 Å². The highest BCUT2D eigenvalue weighted by atomic mass is 16.1. The molecule has 4 rings (SSSR count). The second kappa shape index (κ2) is 8.87. The van der Waals surface area contributed by atoms with Crippen LogP contribution in [0.15, 0.2) is 79.1 Å². The maximum atomic E-state index is 12.1. The molecule has 0 spiro atoms. The molecule has 5 heteroatoms. The van der Waals surface area contributed by atoms with Gasteiger partial charge in [0.2, 0.25) is 0 Å². The molecule has 0 unspecified atom stereocenters. The number of benzene rings is 2. The van der Waals surface area contributed by atoms with Crippen molar-refractivity contribution in [3.63, 3.8) is 0 Å². The summed E-state index contributed by atoms with van der Waals surface area (Å²) in [6.45, 7) is 1.42. The van der Waals surface area contributed by atoms with Crippen LogP contribution in [0.4, 0.5) is 5.69 Å². The monoisotopic (exact) mass is 380 g/mol. The molecule has 142 valence electrons. The average Bonchev–Trinajstić information content (AvgIpc) is 3.23. The highest BCUT2D eigenvalue weighted by Gasteiger charge is 2.03. The normalized spacial score (nSPS) is 10.3. The summed E-state index contributed by atoms with van der Waals surface area (Å²) < 4.78 is 0. The van der Waals surface area contributed by atoms with Crippen molar-refractivity contribution >= 4 is 22.6 Å². The highest BCUT2D eigenvalue weighted by molar-refractivity contribution is 6.04. The molecule has 1 amide bonds. The number of rotatable bonds is 5. The third kappa shape index (κ3) is 4.89. The van der Waals surface area contributed by atoms with Gasteiger partial charge in [-0.25, -0.2) is 4.98 Å². The van der Waals surface area contributed by atoms with Crippen molar-refractivity contribution in [2.45, 2.75) is 13.1 Å². The lowest BCUT2D eigenvalue weighted by Gasteiger charge is -2.08. The van der Waals surface area contributed by atoms with Crippen molar-refractivity contribution in [2.75, 3.05) is 5.32 Å². The molecular weight excluding hydrogens is 360 g/mol. The number of pyridine rings is 1. The van der Waals surface area contributed by atoms with Crippen LogP contribution in [0.25, 0.3) is 11.0 Å². The fourth-order valence-electron chi connectivity index (χ4n) is 3.09. The smallest absolute Gasteiger partial charge is 0.300 e. The molecule has 0 atom stereocenters. The lowest BCUT2D eigenvalue weighted by atomic mass is 10.1. The average molecular weight is 380 g/mol. The molecule has 2 aromatic carbocycles. The van der Waals surface area contributed by atoms with Crippen LogP contribution in [0.2, 0.25) is 0 Å². The second-order valence-electron chi connectivity index (χ2n) is 6.58. The van der Waals surface area contributed by atoms with E-state index in [2.05, 4.69) is 32.4 Å². The largest absolute Gasteiger partial charge is 0.346 e. The summed E-state index contributed by atoms with van der Waals surface area (Å²) in [6.07, 6.45) is 3.70. The fraction of sp³-hybridized carbons (Fsp3) is 0.0833. The van der Waals surface area contributed by atoms with Crippen LogP contribution in [0.1, 0.15) is 16.7 Å². The number of H-pyrrole nitrogens is 1. The first kappa shape index (κ1) is 18.5. The first-order valence-corrected chi connectivity index (χ1v) is 9.36. The van der Waals surface area contributed by atoms with Crippen LogP contribution in [-0.2, 0) is 17.9 Å². The van der Waals surface area contributed by atoms with Gasteiger partial charge in [-0.1, -0.05) is 36.3 Å². The molecule has 0 fully saturated rings. The molecule has 5 nitrogen and oxygen atoms in total. The van der Waals surface area contributed by atoms with E-state index in [1.54, 1.807) is 0 Å². The minimum absolute atomic E-state index is 0.328. The first-order chi connectivity index (χ1) is 14.3. The maximum absolute atomic E-state index is 12.1. The van der Waals surface area contributed by atoms with Crippen molar-refractivity contribution in [3.05, 3.63) is 95.8 Å². The van der Waals surface area contributed by atoms with Gasteiger partial charge in [0.05, 0.1) is 0 Å². The van der Waals surface area contributed by atoms with Crippen LogP contribution < -0.4 is 10.6 Å². The van der Waals surface area contributed by atoms with Gasteiger partial charge < -0.3 is 15.6 Å². The van der Waals surface area contributed by atoms with Crippen molar-refractivity contribution in [1.29, 1.82) is 0 Å². The minimum atomic E-state index is -0.328. The van der Waals surface area contributed by atoms with E-state index in [9.17, 15) is 4.79 Å². The Balaban J connectivity index is 1.34. The molecule has 0 radical (unpaired) electrons. The van der Waals surface area contributed by atoms with Crippen molar-refractivity contribution < 1.29 is 4.79 Å². The summed E-state index contributed by atoms with van der Waals surface area (Å²) in [5, 5.41) is 7.40. The van der Waals surface area contributed by atoms with E-state index in [0.29, 0.717) is 6.54 Å². The number of nitrogens with zero attached hydrogens (tertiary/aromatic N) is 1. The van der Waals surface area contributed by atoms with Crippen molar-refractivity contribution in [1.82, 2.24) is 15.3 Å². The summed E-state index contributed by atoms with van der Waals surface area (Å²) in [4.78, 5) is 19.5. The molecule has 3 N–H and O–H groups in total. The van der Waals surface area contributed by atoms with E-state index in [-0.39, 0.29) is 5.91 Å². The zero-order valence-electron chi connectivity index (χ0n) is 15.8. The third-order valence-corrected chi connectivity index (χ3v) is 4.47. The molecule has 2 heterocycles. The van der Waals surface area contributed by atoms with E-state index in [0.717, 1.165) is 34.4 Å². The molecule has 4 aromatic rings. The molecule has 29 heavy (non-hydrogen) atoms. The Bertz CT molecular complexity index is 1190. The Kier molecular flexibility index (Phi) is 5.65. The van der Waals surface area contributed by atoms with Gasteiger partial charge in [0.25, 0.3) is 0 Å². The topological polar surface area (TPSA) is 69.8 Å². The SMILES string of the molecule is O=C(C#Cc1ccccc1)Nc1cccc(CNCc2ccnc3[nH]ccc23)c1. The zero-order chi connectivity index (χ0) is 19.9. The third-order valence-electron chi connectivity index (χ3n) is 4.47.